The van der Waals surface area contributed by atoms with E-state index in [1.165, 1.54) is 7.11 Å². The molecule has 13 heavy (non-hydrogen) atoms. The highest BCUT2D eigenvalue weighted by atomic mass is 16.5. The molecular weight excluding hydrogens is 172 g/mol. The van der Waals surface area contributed by atoms with Crippen LogP contribution >= 0.6 is 0 Å². The number of carbonyl (C=O) groups excluding carboxylic acids is 1. The third-order valence-corrected chi connectivity index (χ3v) is 2.20. The van der Waals surface area contributed by atoms with Crippen LogP contribution in [-0.2, 0) is 4.74 Å². The summed E-state index contributed by atoms with van der Waals surface area (Å²) in [7, 11) is 1.36. The van der Waals surface area contributed by atoms with Crippen molar-refractivity contribution < 1.29 is 14.6 Å². The van der Waals surface area contributed by atoms with E-state index in [-0.39, 0.29) is 18.7 Å². The third-order valence-electron chi connectivity index (χ3n) is 2.20. The van der Waals surface area contributed by atoms with Gasteiger partial charge in [0.05, 0.1) is 13.7 Å². The van der Waals surface area contributed by atoms with Crippen molar-refractivity contribution in [3.63, 3.8) is 0 Å². The van der Waals surface area contributed by atoms with E-state index in [1.54, 1.807) is 0 Å². The zero-order valence-electron chi connectivity index (χ0n) is 7.82. The van der Waals surface area contributed by atoms with Crippen LogP contribution < -0.4 is 5.32 Å². The monoisotopic (exact) mass is 188 g/mol. The largest absolute Gasteiger partial charge is 0.453 e. The van der Waals surface area contributed by atoms with Gasteiger partial charge in [0.1, 0.15) is 0 Å². The molecule has 1 aliphatic heterocycles. The number of methoxy groups -OCH3 is 1. The van der Waals surface area contributed by atoms with Crippen molar-refractivity contribution in [2.24, 2.45) is 0 Å². The maximum Gasteiger partial charge on any atom is 0.407 e. The first-order valence-electron chi connectivity index (χ1n) is 4.44. The fourth-order valence-corrected chi connectivity index (χ4v) is 1.52. The average Bonchev–Trinajstić information content (AvgIpc) is 2.53. The number of alkyl carbamates (subject to hydrolysis) is 1. The highest BCUT2D eigenvalue weighted by Crippen LogP contribution is 2.07. The van der Waals surface area contributed by atoms with Crippen LogP contribution in [0.25, 0.3) is 0 Å². The molecule has 1 fully saturated rings. The van der Waals surface area contributed by atoms with E-state index in [0.717, 1.165) is 19.5 Å². The number of hydrogen-bond donors (Lipinski definition) is 2. The number of nitrogens with zero attached hydrogens (tertiary/aromatic N) is 1. The first-order valence-corrected chi connectivity index (χ1v) is 4.44. The van der Waals surface area contributed by atoms with E-state index in [2.05, 4.69) is 15.0 Å². The summed E-state index contributed by atoms with van der Waals surface area (Å²) in [6, 6.07) is 0.166. The lowest BCUT2D eigenvalue weighted by molar-refractivity contribution is 0.166. The van der Waals surface area contributed by atoms with Gasteiger partial charge in [-0.2, -0.15) is 0 Å². The van der Waals surface area contributed by atoms with Crippen molar-refractivity contribution in [3.05, 3.63) is 0 Å². The van der Waals surface area contributed by atoms with Crippen LogP contribution in [0.4, 0.5) is 4.79 Å². The second-order valence-corrected chi connectivity index (χ2v) is 3.15. The fourth-order valence-electron chi connectivity index (χ4n) is 1.52. The molecule has 0 aromatic carbocycles. The van der Waals surface area contributed by atoms with Crippen LogP contribution in [0.5, 0.6) is 0 Å². The minimum atomic E-state index is -0.379. The first-order chi connectivity index (χ1) is 6.26. The lowest BCUT2D eigenvalue weighted by atomic mass is 10.3. The number of aliphatic hydroxyl groups excluding tert-OH is 1. The molecule has 0 aliphatic carbocycles. The summed E-state index contributed by atoms with van der Waals surface area (Å²) in [6.45, 7) is 2.58. The molecule has 5 heteroatoms. The van der Waals surface area contributed by atoms with Crippen molar-refractivity contribution in [1.29, 1.82) is 0 Å². The molecule has 0 saturated carbocycles. The highest BCUT2D eigenvalue weighted by molar-refractivity contribution is 5.67. The number of carbonyl (C=O) groups is 1. The van der Waals surface area contributed by atoms with Crippen LogP contribution in [0, 0.1) is 0 Å². The molecule has 5 nitrogen and oxygen atoms in total. The number of amides is 1. The number of ether oxygens (including phenoxy) is 1. The summed E-state index contributed by atoms with van der Waals surface area (Å²) in [6.07, 6.45) is 0.547. The molecule has 1 saturated heterocycles. The topological polar surface area (TPSA) is 61.8 Å². The Morgan fingerprint density at radius 3 is 3.15 bits per heavy atom. The van der Waals surface area contributed by atoms with Gasteiger partial charge in [0.25, 0.3) is 0 Å². The van der Waals surface area contributed by atoms with Crippen LogP contribution in [0.1, 0.15) is 6.42 Å². The van der Waals surface area contributed by atoms with Gasteiger partial charge < -0.3 is 15.2 Å². The summed E-state index contributed by atoms with van der Waals surface area (Å²) >= 11 is 0. The molecule has 1 atom stereocenters. The standard InChI is InChI=1S/C8H16N2O3/c1-13-8(12)9-7-2-3-10(6-7)4-5-11/h7,11H,2-6H2,1H3,(H,9,12). The summed E-state index contributed by atoms with van der Waals surface area (Å²) in [5.74, 6) is 0. The first kappa shape index (κ1) is 10.3. The minimum Gasteiger partial charge on any atom is -0.453 e. The molecule has 0 aromatic rings. The Balaban J connectivity index is 2.20. The summed E-state index contributed by atoms with van der Waals surface area (Å²) < 4.78 is 4.49. The molecule has 0 aromatic heterocycles. The van der Waals surface area contributed by atoms with Gasteiger partial charge in [0, 0.05) is 25.7 Å². The van der Waals surface area contributed by atoms with E-state index >= 15 is 0 Å². The third kappa shape index (κ3) is 3.20. The quantitative estimate of drug-likeness (QED) is 0.621. The number of hydrogen-bond acceptors (Lipinski definition) is 4. The van der Waals surface area contributed by atoms with Gasteiger partial charge in [-0.1, -0.05) is 0 Å². The molecule has 2 N–H and O–H groups in total. The highest BCUT2D eigenvalue weighted by Gasteiger charge is 2.23. The SMILES string of the molecule is COC(=O)NC1CCN(CCO)C1. The van der Waals surface area contributed by atoms with Crippen LogP contribution in [0.3, 0.4) is 0 Å². The van der Waals surface area contributed by atoms with Gasteiger partial charge >= 0.3 is 6.09 Å². The van der Waals surface area contributed by atoms with Crippen molar-refractivity contribution in [2.75, 3.05) is 33.4 Å². The fraction of sp³-hybridized carbons (Fsp3) is 0.875. The zero-order valence-corrected chi connectivity index (χ0v) is 7.82. The van der Waals surface area contributed by atoms with Crippen molar-refractivity contribution in [2.45, 2.75) is 12.5 Å². The number of rotatable bonds is 3. The van der Waals surface area contributed by atoms with Gasteiger partial charge in [0.15, 0.2) is 0 Å². The van der Waals surface area contributed by atoms with Crippen molar-refractivity contribution >= 4 is 6.09 Å². The Labute approximate surface area is 77.7 Å². The van der Waals surface area contributed by atoms with Gasteiger partial charge in [-0.25, -0.2) is 4.79 Å². The molecule has 0 spiro atoms. The Morgan fingerprint density at radius 2 is 2.54 bits per heavy atom. The molecule has 0 bridgehead atoms. The molecule has 1 unspecified atom stereocenters. The summed E-state index contributed by atoms with van der Waals surface area (Å²) in [5, 5.41) is 11.4. The van der Waals surface area contributed by atoms with E-state index in [0.29, 0.717) is 6.54 Å². The summed E-state index contributed by atoms with van der Waals surface area (Å²) in [5.41, 5.74) is 0. The lowest BCUT2D eigenvalue weighted by Crippen LogP contribution is -2.37. The van der Waals surface area contributed by atoms with Crippen LogP contribution in [-0.4, -0.2) is 55.5 Å². The lowest BCUT2D eigenvalue weighted by Gasteiger charge is -2.14. The molecular formula is C8H16N2O3. The minimum absolute atomic E-state index is 0.166. The number of likely N-dealkylation sites (tertiary alicyclic amines) is 1. The van der Waals surface area contributed by atoms with E-state index < -0.39 is 0 Å². The molecule has 1 rings (SSSR count). The summed E-state index contributed by atoms with van der Waals surface area (Å²) in [4.78, 5) is 12.9. The second-order valence-electron chi connectivity index (χ2n) is 3.15. The van der Waals surface area contributed by atoms with Crippen molar-refractivity contribution in [3.8, 4) is 0 Å². The Bertz CT molecular complexity index is 175. The normalized spacial score (nSPS) is 23.1. The molecule has 1 amide bonds. The number of aliphatic hydroxyl groups is 1. The van der Waals surface area contributed by atoms with Crippen LogP contribution in [0.2, 0.25) is 0 Å². The Hall–Kier alpha value is -0.810. The Kier molecular flexibility index (Phi) is 3.98. The van der Waals surface area contributed by atoms with Crippen LogP contribution in [0.15, 0.2) is 0 Å². The molecule has 76 valence electrons. The predicted molar refractivity (Wildman–Crippen MR) is 47.5 cm³/mol. The molecule has 1 heterocycles. The van der Waals surface area contributed by atoms with Gasteiger partial charge in [-0.15, -0.1) is 0 Å². The van der Waals surface area contributed by atoms with Gasteiger partial charge in [-0.05, 0) is 6.42 Å². The zero-order chi connectivity index (χ0) is 9.68. The Morgan fingerprint density at radius 1 is 1.77 bits per heavy atom. The van der Waals surface area contributed by atoms with E-state index in [1.807, 2.05) is 0 Å². The average molecular weight is 188 g/mol. The van der Waals surface area contributed by atoms with E-state index in [9.17, 15) is 4.79 Å². The number of nitrogens with one attached hydrogen (secondary N) is 1. The van der Waals surface area contributed by atoms with E-state index in [4.69, 9.17) is 5.11 Å². The molecule has 0 radical (unpaired) electrons. The predicted octanol–water partition coefficient (Wildman–Crippen LogP) is -0.591. The number of β-amino-alcohol motifs (C(OH)–C–C–N with tert-alkyl or cyclic N) is 1. The smallest absolute Gasteiger partial charge is 0.407 e. The molecule has 1 aliphatic rings. The van der Waals surface area contributed by atoms with Gasteiger partial charge in [0.2, 0.25) is 0 Å². The van der Waals surface area contributed by atoms with Gasteiger partial charge in [-0.3, -0.25) is 4.90 Å². The maximum absolute atomic E-state index is 10.8. The second kappa shape index (κ2) is 5.04. The maximum atomic E-state index is 10.8. The van der Waals surface area contributed by atoms with Crippen molar-refractivity contribution in [1.82, 2.24) is 10.2 Å².